The van der Waals surface area contributed by atoms with Crippen LogP contribution in [0.15, 0.2) is 39.2 Å². The Kier molecular flexibility index (Phi) is 5.34. The van der Waals surface area contributed by atoms with Crippen LogP contribution in [0.5, 0.6) is 5.75 Å². The maximum atomic E-state index is 11.2. The number of hydrogen-bond donors (Lipinski definition) is 3. The van der Waals surface area contributed by atoms with Gasteiger partial charge in [0, 0.05) is 5.39 Å². The van der Waals surface area contributed by atoms with E-state index in [0.717, 1.165) is 24.3 Å². The molecule has 22 heavy (non-hydrogen) atoms. The maximum Gasteiger partial charge on any atom is 1.00 e. The molecule has 0 amide bonds. The van der Waals surface area contributed by atoms with Crippen LogP contribution < -0.4 is 29.6 Å². The number of fused-ring (bicyclic) bond motifs is 1. The molecule has 0 fully saturated rings. The van der Waals surface area contributed by atoms with Gasteiger partial charge in [0.1, 0.15) is 4.90 Å². The van der Waals surface area contributed by atoms with Gasteiger partial charge in [-0.1, -0.05) is 0 Å². The molecule has 0 unspecified atom stereocenters. The summed E-state index contributed by atoms with van der Waals surface area (Å²) >= 11 is 0. The number of hydrogen-bond acceptors (Lipinski definition) is 7. The molecule has 0 aliphatic rings. The first-order valence-corrected chi connectivity index (χ1v) is 8.02. The molecular weight excluding hydrogens is 349 g/mol. The summed E-state index contributed by atoms with van der Waals surface area (Å²) in [6.07, 6.45) is 0. The smallest absolute Gasteiger partial charge is 1.00 e. The molecule has 0 atom stereocenters. The van der Waals surface area contributed by atoms with Gasteiger partial charge in [-0.15, -0.1) is 4.91 Å². The van der Waals surface area contributed by atoms with Gasteiger partial charge in [-0.05, 0) is 34.8 Å². The second-order valence-electron chi connectivity index (χ2n) is 4.00. The first-order chi connectivity index (χ1) is 9.55. The molecule has 2 aromatic carbocycles. The fourth-order valence-electron chi connectivity index (χ4n) is 1.78. The minimum Gasteiger partial charge on any atom is -1.00 e. The number of aromatic hydroxyl groups is 1. The molecule has 0 heterocycles. The van der Waals surface area contributed by atoms with Gasteiger partial charge in [0.2, 0.25) is 0 Å². The van der Waals surface area contributed by atoms with Gasteiger partial charge in [-0.3, -0.25) is 9.11 Å². The van der Waals surface area contributed by atoms with Crippen molar-refractivity contribution in [2.45, 2.75) is 9.79 Å². The molecule has 0 spiro atoms. The van der Waals surface area contributed by atoms with Gasteiger partial charge >= 0.3 is 29.6 Å². The second kappa shape index (κ2) is 6.20. The molecule has 114 valence electrons. The number of benzene rings is 2. The van der Waals surface area contributed by atoms with Crippen molar-refractivity contribution in [3.63, 3.8) is 0 Å². The van der Waals surface area contributed by atoms with Crippen molar-refractivity contribution in [1.82, 2.24) is 0 Å². The van der Waals surface area contributed by atoms with Crippen molar-refractivity contribution in [1.29, 1.82) is 0 Å². The Morgan fingerprint density at radius 2 is 1.59 bits per heavy atom. The Hall–Kier alpha value is -1.08. The van der Waals surface area contributed by atoms with Crippen LogP contribution in [0.1, 0.15) is 1.43 Å². The van der Waals surface area contributed by atoms with E-state index in [2.05, 4.69) is 5.18 Å². The summed E-state index contributed by atoms with van der Waals surface area (Å²) in [6, 6.07) is 3.62. The fraction of sp³-hybridized carbons (Fsp3) is 0. The molecule has 0 saturated heterocycles. The molecule has 12 heteroatoms. The second-order valence-corrected chi connectivity index (χ2v) is 6.81. The van der Waals surface area contributed by atoms with Gasteiger partial charge in [-0.25, -0.2) is 0 Å². The zero-order valence-corrected chi connectivity index (χ0v) is 14.6. The Labute approximate surface area is 148 Å². The van der Waals surface area contributed by atoms with E-state index in [1.165, 1.54) is 0 Å². The van der Waals surface area contributed by atoms with Crippen molar-refractivity contribution >= 4 is 36.7 Å². The summed E-state index contributed by atoms with van der Waals surface area (Å²) in [5, 5.41) is 11.9. The van der Waals surface area contributed by atoms with E-state index < -0.39 is 41.5 Å². The number of rotatable bonds is 3. The summed E-state index contributed by atoms with van der Waals surface area (Å²) in [7, 11) is -9.42. The van der Waals surface area contributed by atoms with Crippen molar-refractivity contribution in [2.24, 2.45) is 5.18 Å². The Morgan fingerprint density at radius 1 is 1.00 bits per heavy atom. The molecule has 9 nitrogen and oxygen atoms in total. The van der Waals surface area contributed by atoms with Gasteiger partial charge in [-0.2, -0.15) is 16.8 Å². The molecule has 0 aromatic heterocycles. The number of phenolic OH excluding ortho intramolecular Hbond substituents is 1. The fourth-order valence-corrected chi connectivity index (χ4v) is 2.95. The average Bonchev–Trinajstić information content (AvgIpc) is 2.35. The van der Waals surface area contributed by atoms with Crippen LogP contribution in [0.3, 0.4) is 0 Å². The third-order valence-electron chi connectivity index (χ3n) is 2.69. The third kappa shape index (κ3) is 3.46. The predicted molar refractivity (Wildman–Crippen MR) is 71.8 cm³/mol. The van der Waals surface area contributed by atoms with Gasteiger partial charge in [0.25, 0.3) is 20.2 Å². The Balaban J connectivity index is 0.00000242. The van der Waals surface area contributed by atoms with Crippen molar-refractivity contribution in [2.75, 3.05) is 0 Å². The monoisotopic (exact) mass is 357 g/mol. The van der Waals surface area contributed by atoms with E-state index in [4.69, 9.17) is 9.11 Å². The van der Waals surface area contributed by atoms with Crippen LogP contribution >= 0.6 is 0 Å². The van der Waals surface area contributed by atoms with Crippen molar-refractivity contribution < 1.29 is 62.0 Å². The molecule has 0 radical (unpaired) electrons. The number of phenols is 1. The molecule has 2 aromatic rings. The van der Waals surface area contributed by atoms with Crippen LogP contribution in [0, 0.1) is 4.91 Å². The standard InChI is InChI=1S/C10H7NO8S2.Na.H/c12-10-7-2-1-6(20(14,15)16)3-5(7)4-8(9(10)11-13)21(17,18)19;;/h1-4,12H,(H,14,15,16)(H,17,18,19);;/q;+1;-1. The first kappa shape index (κ1) is 19.0. The molecular formula is C10H8NNaO8S2. The van der Waals surface area contributed by atoms with E-state index in [0.29, 0.717) is 0 Å². The molecule has 0 saturated carbocycles. The van der Waals surface area contributed by atoms with Gasteiger partial charge < -0.3 is 6.53 Å². The van der Waals surface area contributed by atoms with Gasteiger partial charge in [0.15, 0.2) is 11.4 Å². The van der Waals surface area contributed by atoms with E-state index in [1.807, 2.05) is 0 Å². The topological polar surface area (TPSA) is 158 Å². The zero-order chi connectivity index (χ0) is 16.0. The maximum absolute atomic E-state index is 11.2. The molecule has 0 aliphatic heterocycles. The summed E-state index contributed by atoms with van der Waals surface area (Å²) in [6.45, 7) is 0. The average molecular weight is 357 g/mol. The molecule has 0 bridgehead atoms. The summed E-state index contributed by atoms with van der Waals surface area (Å²) in [4.78, 5) is 9.11. The van der Waals surface area contributed by atoms with Crippen LogP contribution in [0.4, 0.5) is 5.69 Å². The van der Waals surface area contributed by atoms with E-state index in [-0.39, 0.29) is 41.8 Å². The van der Waals surface area contributed by atoms with Crippen LogP contribution in [-0.2, 0) is 20.2 Å². The van der Waals surface area contributed by atoms with Crippen molar-refractivity contribution in [3.05, 3.63) is 29.2 Å². The van der Waals surface area contributed by atoms with Crippen molar-refractivity contribution in [3.8, 4) is 5.75 Å². The minimum atomic E-state index is -4.87. The number of nitroso groups, excluding NO2 is 1. The quantitative estimate of drug-likeness (QED) is 0.342. The van der Waals surface area contributed by atoms with E-state index in [1.54, 1.807) is 0 Å². The largest absolute Gasteiger partial charge is 1.00 e. The summed E-state index contributed by atoms with van der Waals surface area (Å²) < 4.78 is 62.3. The normalized spacial score (nSPS) is 11.9. The third-order valence-corrected chi connectivity index (χ3v) is 4.41. The summed E-state index contributed by atoms with van der Waals surface area (Å²) in [5.74, 6) is -0.836. The molecule has 3 N–H and O–H groups in total. The Morgan fingerprint density at radius 3 is 2.05 bits per heavy atom. The number of nitrogens with zero attached hydrogens (tertiary/aromatic N) is 1. The van der Waals surface area contributed by atoms with E-state index >= 15 is 0 Å². The SMILES string of the molecule is O=Nc1c(S(=O)(=O)O)cc2cc(S(=O)(=O)O)ccc2c1O.[H-].[Na+]. The Bertz CT molecular complexity index is 974. The molecule has 0 aliphatic carbocycles. The van der Waals surface area contributed by atoms with Crippen LogP contribution in [0.25, 0.3) is 10.8 Å². The minimum absolute atomic E-state index is 0. The van der Waals surface area contributed by atoms with Crippen LogP contribution in [-0.4, -0.2) is 31.0 Å². The first-order valence-electron chi connectivity index (χ1n) is 5.14. The summed E-state index contributed by atoms with van der Waals surface area (Å²) in [5.41, 5.74) is -0.899. The van der Waals surface area contributed by atoms with Gasteiger partial charge in [0.05, 0.1) is 4.90 Å². The van der Waals surface area contributed by atoms with E-state index in [9.17, 15) is 26.8 Å². The zero-order valence-electron chi connectivity index (χ0n) is 12.0. The molecule has 2 rings (SSSR count). The predicted octanol–water partition coefficient (Wildman–Crippen LogP) is -1.45. The van der Waals surface area contributed by atoms with Crippen LogP contribution in [0.2, 0.25) is 0 Å².